The van der Waals surface area contributed by atoms with Crippen molar-refractivity contribution in [2.45, 2.75) is 65.7 Å². The molecule has 0 aromatic rings. The van der Waals surface area contributed by atoms with Gasteiger partial charge in [0.25, 0.3) is 0 Å². The number of fused-ring (bicyclic) bond motifs is 1. The summed E-state index contributed by atoms with van der Waals surface area (Å²) in [5.41, 5.74) is 2.70. The first-order chi connectivity index (χ1) is 12.3. The van der Waals surface area contributed by atoms with Crippen molar-refractivity contribution in [2.75, 3.05) is 13.7 Å². The summed E-state index contributed by atoms with van der Waals surface area (Å²) in [4.78, 5) is 23.2. The highest BCUT2D eigenvalue weighted by molar-refractivity contribution is 5.73. The summed E-state index contributed by atoms with van der Waals surface area (Å²) >= 11 is 0. The Bertz CT molecular complexity index is 577. The van der Waals surface area contributed by atoms with Crippen LogP contribution in [0.3, 0.4) is 0 Å². The number of methoxy groups -OCH3 is 1. The molecule has 0 bridgehead atoms. The first-order valence-electron chi connectivity index (χ1n) is 9.84. The number of hydrogen-bond donors (Lipinski definition) is 0. The van der Waals surface area contributed by atoms with Gasteiger partial charge in [-0.3, -0.25) is 9.59 Å². The van der Waals surface area contributed by atoms with Crippen LogP contribution in [-0.2, 0) is 19.1 Å². The fraction of sp³-hybridized carbons (Fsp3) is 0.727. The molecule has 2 rings (SSSR count). The quantitative estimate of drug-likeness (QED) is 0.501. The number of carbonyl (C=O) groups is 2. The molecule has 146 valence electrons. The molecule has 0 N–H and O–H groups in total. The van der Waals surface area contributed by atoms with Crippen LogP contribution in [0, 0.1) is 23.2 Å². The molecule has 4 unspecified atom stereocenters. The van der Waals surface area contributed by atoms with Crippen LogP contribution in [0.15, 0.2) is 23.8 Å². The van der Waals surface area contributed by atoms with Crippen LogP contribution in [0.5, 0.6) is 0 Å². The van der Waals surface area contributed by atoms with E-state index in [0.717, 1.165) is 44.9 Å². The minimum Gasteiger partial charge on any atom is -0.469 e. The fourth-order valence-corrected chi connectivity index (χ4v) is 5.24. The molecule has 0 aromatic carbocycles. The SMILES string of the molecule is C=C1CCC2C(C(=O)OC)CCCC2(C)C1CCC(C)=CCOC(C)=O. The molecule has 0 amide bonds. The molecule has 0 spiro atoms. The maximum Gasteiger partial charge on any atom is 0.308 e. The number of hydrogen-bond acceptors (Lipinski definition) is 4. The summed E-state index contributed by atoms with van der Waals surface area (Å²) in [6.45, 7) is 10.6. The Labute approximate surface area is 158 Å². The molecule has 26 heavy (non-hydrogen) atoms. The summed E-state index contributed by atoms with van der Waals surface area (Å²) in [5, 5.41) is 0. The number of ether oxygens (including phenoxy) is 2. The maximum absolute atomic E-state index is 12.3. The van der Waals surface area contributed by atoms with Crippen LogP contribution < -0.4 is 0 Å². The molecule has 2 saturated carbocycles. The lowest BCUT2D eigenvalue weighted by Gasteiger charge is -2.54. The van der Waals surface area contributed by atoms with E-state index in [1.807, 2.05) is 6.08 Å². The third-order valence-electron chi connectivity index (χ3n) is 6.68. The van der Waals surface area contributed by atoms with Crippen molar-refractivity contribution in [2.24, 2.45) is 23.2 Å². The molecule has 2 aliphatic rings. The molecule has 0 saturated heterocycles. The Morgan fingerprint density at radius 1 is 1.31 bits per heavy atom. The Morgan fingerprint density at radius 2 is 2.04 bits per heavy atom. The lowest BCUT2D eigenvalue weighted by molar-refractivity contribution is -0.154. The van der Waals surface area contributed by atoms with Crippen molar-refractivity contribution in [3.63, 3.8) is 0 Å². The molecule has 0 aromatic heterocycles. The molecule has 2 aliphatic carbocycles. The number of rotatable bonds is 6. The molecule has 4 nitrogen and oxygen atoms in total. The predicted molar refractivity (Wildman–Crippen MR) is 102 cm³/mol. The van der Waals surface area contributed by atoms with Gasteiger partial charge in [0.1, 0.15) is 6.61 Å². The lowest BCUT2D eigenvalue weighted by Crippen LogP contribution is -2.48. The molecular formula is C22H34O4. The van der Waals surface area contributed by atoms with E-state index < -0.39 is 0 Å². The Hall–Kier alpha value is -1.58. The van der Waals surface area contributed by atoms with Crippen LogP contribution in [-0.4, -0.2) is 25.7 Å². The Morgan fingerprint density at radius 3 is 2.69 bits per heavy atom. The van der Waals surface area contributed by atoms with Crippen molar-refractivity contribution in [3.05, 3.63) is 23.8 Å². The van der Waals surface area contributed by atoms with Crippen LogP contribution >= 0.6 is 0 Å². The van der Waals surface area contributed by atoms with Crippen LogP contribution in [0.2, 0.25) is 0 Å². The summed E-state index contributed by atoms with van der Waals surface area (Å²) < 4.78 is 10.1. The second-order valence-corrected chi connectivity index (χ2v) is 8.28. The van der Waals surface area contributed by atoms with Crippen LogP contribution in [0.1, 0.15) is 65.7 Å². The Kier molecular flexibility index (Phi) is 7.08. The van der Waals surface area contributed by atoms with Crippen molar-refractivity contribution in [1.29, 1.82) is 0 Å². The number of carbonyl (C=O) groups excluding carboxylic acids is 2. The average molecular weight is 363 g/mol. The van der Waals surface area contributed by atoms with Gasteiger partial charge in [-0.15, -0.1) is 0 Å². The van der Waals surface area contributed by atoms with Gasteiger partial charge in [-0.05, 0) is 68.8 Å². The summed E-state index contributed by atoms with van der Waals surface area (Å²) in [5.74, 6) is 0.580. The van der Waals surface area contributed by atoms with Crippen LogP contribution in [0.4, 0.5) is 0 Å². The highest BCUT2D eigenvalue weighted by atomic mass is 16.5. The maximum atomic E-state index is 12.3. The monoisotopic (exact) mass is 362 g/mol. The number of esters is 2. The van der Waals surface area contributed by atoms with Gasteiger partial charge in [0, 0.05) is 6.92 Å². The van der Waals surface area contributed by atoms with E-state index in [1.54, 1.807) is 0 Å². The van der Waals surface area contributed by atoms with E-state index in [1.165, 1.54) is 25.2 Å². The highest BCUT2D eigenvalue weighted by Crippen LogP contribution is 2.58. The van der Waals surface area contributed by atoms with Crippen molar-refractivity contribution >= 4 is 11.9 Å². The molecule has 0 radical (unpaired) electrons. The van der Waals surface area contributed by atoms with Gasteiger partial charge >= 0.3 is 11.9 Å². The highest BCUT2D eigenvalue weighted by Gasteiger charge is 2.51. The van der Waals surface area contributed by atoms with Gasteiger partial charge in [-0.2, -0.15) is 0 Å². The fourth-order valence-electron chi connectivity index (χ4n) is 5.24. The molecular weight excluding hydrogens is 328 g/mol. The van der Waals surface area contributed by atoms with Crippen molar-refractivity contribution < 1.29 is 19.1 Å². The zero-order valence-electron chi connectivity index (χ0n) is 16.8. The molecule has 0 heterocycles. The van der Waals surface area contributed by atoms with Gasteiger partial charge in [0.15, 0.2) is 0 Å². The first-order valence-corrected chi connectivity index (χ1v) is 9.84. The predicted octanol–water partition coefficient (Wildman–Crippen LogP) is 4.84. The van der Waals surface area contributed by atoms with E-state index in [9.17, 15) is 9.59 Å². The minimum atomic E-state index is -0.249. The average Bonchev–Trinajstić information content (AvgIpc) is 2.59. The standard InChI is InChI=1S/C22H34O4/c1-15(12-14-26-17(3)23)8-10-19-16(2)9-11-20-18(21(24)25-5)7-6-13-22(19,20)4/h12,18-20H,2,6-11,13-14H2,1,3-5H3. The summed E-state index contributed by atoms with van der Waals surface area (Å²) in [6, 6.07) is 0. The van der Waals surface area contributed by atoms with Gasteiger partial charge in [-0.25, -0.2) is 0 Å². The third-order valence-corrected chi connectivity index (χ3v) is 6.68. The summed E-state index contributed by atoms with van der Waals surface area (Å²) in [6.07, 6.45) is 9.25. The second-order valence-electron chi connectivity index (χ2n) is 8.28. The largest absolute Gasteiger partial charge is 0.469 e. The van der Waals surface area contributed by atoms with Crippen molar-refractivity contribution in [1.82, 2.24) is 0 Å². The zero-order valence-corrected chi connectivity index (χ0v) is 16.8. The van der Waals surface area contributed by atoms with Gasteiger partial charge < -0.3 is 9.47 Å². The molecule has 4 atom stereocenters. The zero-order chi connectivity index (χ0) is 19.3. The Balaban J connectivity index is 2.07. The lowest BCUT2D eigenvalue weighted by atomic mass is 9.50. The normalized spacial score (nSPS) is 31.9. The first kappa shape index (κ1) is 20.7. The summed E-state index contributed by atoms with van der Waals surface area (Å²) in [7, 11) is 1.50. The van der Waals surface area contributed by atoms with E-state index in [4.69, 9.17) is 9.47 Å². The van der Waals surface area contributed by atoms with Gasteiger partial charge in [-0.1, -0.05) is 31.1 Å². The molecule has 4 heteroatoms. The molecule has 2 fully saturated rings. The van der Waals surface area contributed by atoms with E-state index in [0.29, 0.717) is 18.4 Å². The van der Waals surface area contributed by atoms with E-state index in [-0.39, 0.29) is 23.3 Å². The molecule has 0 aliphatic heterocycles. The topological polar surface area (TPSA) is 52.6 Å². The smallest absolute Gasteiger partial charge is 0.308 e. The van der Waals surface area contributed by atoms with E-state index in [2.05, 4.69) is 20.4 Å². The third kappa shape index (κ3) is 4.57. The second kappa shape index (κ2) is 8.88. The van der Waals surface area contributed by atoms with E-state index >= 15 is 0 Å². The number of allylic oxidation sites excluding steroid dienone is 2. The van der Waals surface area contributed by atoms with Gasteiger partial charge in [0.2, 0.25) is 0 Å². The minimum absolute atomic E-state index is 0.0370. The van der Waals surface area contributed by atoms with Crippen LogP contribution in [0.25, 0.3) is 0 Å². The van der Waals surface area contributed by atoms with Gasteiger partial charge in [0.05, 0.1) is 13.0 Å². The van der Waals surface area contributed by atoms with Crippen molar-refractivity contribution in [3.8, 4) is 0 Å².